The highest BCUT2D eigenvalue weighted by molar-refractivity contribution is 5.85. The minimum atomic E-state index is -0.0844. The van der Waals surface area contributed by atoms with E-state index in [1.165, 1.54) is 0 Å². The fourth-order valence-corrected chi connectivity index (χ4v) is 2.57. The predicted octanol–water partition coefficient (Wildman–Crippen LogP) is 3.16. The van der Waals surface area contributed by atoms with Crippen LogP contribution in [0.3, 0.4) is 0 Å². The maximum absolute atomic E-state index is 9.76. The third kappa shape index (κ3) is 2.07. The van der Waals surface area contributed by atoms with Gasteiger partial charge in [0.15, 0.2) is 0 Å². The lowest BCUT2D eigenvalue weighted by atomic mass is 9.91. The van der Waals surface area contributed by atoms with E-state index in [0.717, 1.165) is 22.0 Å². The first-order valence-electron chi connectivity index (χ1n) is 6.50. The Hall–Kier alpha value is -2.57. The van der Waals surface area contributed by atoms with Crippen molar-refractivity contribution in [2.24, 2.45) is 0 Å². The summed E-state index contributed by atoms with van der Waals surface area (Å²) >= 11 is 0. The Balaban J connectivity index is 2.15. The molecular weight excluding hydrogens is 248 g/mol. The summed E-state index contributed by atoms with van der Waals surface area (Å²) in [5.41, 5.74) is 3.69. The zero-order chi connectivity index (χ0) is 13.9. The number of fused-ring (bicyclic) bond motifs is 1. The first-order chi connectivity index (χ1) is 9.83. The van der Waals surface area contributed by atoms with Crippen LogP contribution in [0.5, 0.6) is 0 Å². The van der Waals surface area contributed by atoms with E-state index in [-0.39, 0.29) is 12.5 Å². The van der Waals surface area contributed by atoms with E-state index in [0.29, 0.717) is 5.56 Å². The summed E-state index contributed by atoms with van der Waals surface area (Å²) in [6.45, 7) is 0.0355. The quantitative estimate of drug-likeness (QED) is 0.761. The number of hydrogen-bond acceptors (Lipinski definition) is 2. The van der Waals surface area contributed by atoms with Gasteiger partial charge in [-0.05, 0) is 29.3 Å². The fraction of sp³-hybridized carbons (Fsp3) is 0.118. The van der Waals surface area contributed by atoms with Gasteiger partial charge in [-0.1, -0.05) is 30.3 Å². The largest absolute Gasteiger partial charge is 0.395 e. The number of benzene rings is 2. The van der Waals surface area contributed by atoms with Gasteiger partial charge < -0.3 is 10.1 Å². The molecule has 1 unspecified atom stereocenters. The Morgan fingerprint density at radius 3 is 2.65 bits per heavy atom. The van der Waals surface area contributed by atoms with Crippen molar-refractivity contribution in [1.82, 2.24) is 4.98 Å². The van der Waals surface area contributed by atoms with Crippen molar-refractivity contribution in [2.75, 3.05) is 6.61 Å². The standard InChI is InChI=1S/C17H14N2O/c18-9-12-6-7-17-14(8-12)15(10-19-17)16(11-20)13-4-2-1-3-5-13/h1-8,10,16,19-20H,11H2. The zero-order valence-electron chi connectivity index (χ0n) is 10.9. The van der Waals surface area contributed by atoms with Crippen LogP contribution in [0.15, 0.2) is 54.7 Å². The minimum absolute atomic E-state index is 0.0355. The second-order valence-corrected chi connectivity index (χ2v) is 4.76. The van der Waals surface area contributed by atoms with E-state index in [2.05, 4.69) is 11.1 Å². The first-order valence-corrected chi connectivity index (χ1v) is 6.50. The lowest BCUT2D eigenvalue weighted by molar-refractivity contribution is 0.281. The van der Waals surface area contributed by atoms with Gasteiger partial charge in [0.1, 0.15) is 0 Å². The molecule has 0 bridgehead atoms. The first kappa shape index (κ1) is 12.5. The average molecular weight is 262 g/mol. The van der Waals surface area contributed by atoms with Crippen LogP contribution in [0.2, 0.25) is 0 Å². The molecule has 1 aromatic heterocycles. The van der Waals surface area contributed by atoms with Crippen LogP contribution in [0.25, 0.3) is 10.9 Å². The van der Waals surface area contributed by atoms with Gasteiger partial charge in [-0.3, -0.25) is 0 Å². The highest BCUT2D eigenvalue weighted by atomic mass is 16.3. The number of rotatable bonds is 3. The predicted molar refractivity (Wildman–Crippen MR) is 78.4 cm³/mol. The monoisotopic (exact) mass is 262 g/mol. The molecule has 3 aromatic rings. The Bertz CT molecular complexity index is 769. The van der Waals surface area contributed by atoms with Crippen molar-refractivity contribution >= 4 is 10.9 Å². The lowest BCUT2D eigenvalue weighted by Crippen LogP contribution is -2.05. The smallest absolute Gasteiger partial charge is 0.0991 e. The summed E-state index contributed by atoms with van der Waals surface area (Å²) in [4.78, 5) is 3.20. The molecule has 0 aliphatic carbocycles. The third-order valence-corrected chi connectivity index (χ3v) is 3.60. The number of aliphatic hydroxyl groups is 1. The minimum Gasteiger partial charge on any atom is -0.395 e. The van der Waals surface area contributed by atoms with Crippen LogP contribution in [0, 0.1) is 11.3 Å². The molecule has 20 heavy (non-hydrogen) atoms. The van der Waals surface area contributed by atoms with E-state index in [1.54, 1.807) is 6.07 Å². The summed E-state index contributed by atoms with van der Waals surface area (Å²) < 4.78 is 0. The van der Waals surface area contributed by atoms with Gasteiger partial charge in [-0.2, -0.15) is 5.26 Å². The van der Waals surface area contributed by atoms with Crippen molar-refractivity contribution < 1.29 is 5.11 Å². The van der Waals surface area contributed by atoms with E-state index in [4.69, 9.17) is 5.26 Å². The van der Waals surface area contributed by atoms with E-state index in [1.807, 2.05) is 48.7 Å². The number of hydrogen-bond donors (Lipinski definition) is 2. The molecule has 0 saturated heterocycles. The Morgan fingerprint density at radius 2 is 1.95 bits per heavy atom. The van der Waals surface area contributed by atoms with Crippen molar-refractivity contribution in [1.29, 1.82) is 5.26 Å². The molecule has 98 valence electrons. The number of aliphatic hydroxyl groups excluding tert-OH is 1. The number of nitrogens with one attached hydrogen (secondary N) is 1. The Kier molecular flexibility index (Phi) is 3.24. The third-order valence-electron chi connectivity index (χ3n) is 3.60. The molecule has 0 fully saturated rings. The van der Waals surface area contributed by atoms with Gasteiger partial charge in [0.2, 0.25) is 0 Å². The fourth-order valence-electron chi connectivity index (χ4n) is 2.57. The second-order valence-electron chi connectivity index (χ2n) is 4.76. The average Bonchev–Trinajstić information content (AvgIpc) is 2.92. The molecular formula is C17H14N2O. The Labute approximate surface area is 117 Å². The van der Waals surface area contributed by atoms with Crippen LogP contribution in [-0.2, 0) is 0 Å². The number of aromatic amines is 1. The van der Waals surface area contributed by atoms with Gasteiger partial charge in [-0.25, -0.2) is 0 Å². The Morgan fingerprint density at radius 1 is 1.15 bits per heavy atom. The van der Waals surface area contributed by atoms with Gasteiger partial charge >= 0.3 is 0 Å². The number of aromatic nitrogens is 1. The molecule has 3 heteroatoms. The summed E-state index contributed by atoms with van der Waals surface area (Å²) in [5.74, 6) is -0.0844. The molecule has 0 aliphatic rings. The molecule has 2 aromatic carbocycles. The molecule has 0 radical (unpaired) electrons. The van der Waals surface area contributed by atoms with E-state index >= 15 is 0 Å². The van der Waals surface area contributed by atoms with Crippen LogP contribution < -0.4 is 0 Å². The van der Waals surface area contributed by atoms with Gasteiger partial charge in [0.05, 0.1) is 18.2 Å². The summed E-state index contributed by atoms with van der Waals surface area (Å²) in [6.07, 6.45) is 1.92. The molecule has 3 nitrogen and oxygen atoms in total. The van der Waals surface area contributed by atoms with Crippen molar-refractivity contribution in [3.8, 4) is 6.07 Å². The molecule has 2 N–H and O–H groups in total. The molecule has 1 heterocycles. The lowest BCUT2D eigenvalue weighted by Gasteiger charge is -2.14. The highest BCUT2D eigenvalue weighted by Crippen LogP contribution is 2.30. The summed E-state index contributed by atoms with van der Waals surface area (Å²) in [5, 5.41) is 19.8. The van der Waals surface area contributed by atoms with Crippen molar-refractivity contribution in [2.45, 2.75) is 5.92 Å². The van der Waals surface area contributed by atoms with Crippen LogP contribution in [0.4, 0.5) is 0 Å². The van der Waals surface area contributed by atoms with Gasteiger partial charge in [0, 0.05) is 23.0 Å². The van der Waals surface area contributed by atoms with Crippen LogP contribution in [-0.4, -0.2) is 16.7 Å². The zero-order valence-corrected chi connectivity index (χ0v) is 10.9. The van der Waals surface area contributed by atoms with Gasteiger partial charge in [0.25, 0.3) is 0 Å². The summed E-state index contributed by atoms with van der Waals surface area (Å²) in [6, 6.07) is 17.6. The molecule has 1 atom stereocenters. The molecule has 3 rings (SSSR count). The van der Waals surface area contributed by atoms with E-state index < -0.39 is 0 Å². The van der Waals surface area contributed by atoms with E-state index in [9.17, 15) is 5.11 Å². The normalized spacial score (nSPS) is 12.2. The van der Waals surface area contributed by atoms with Crippen molar-refractivity contribution in [3.05, 3.63) is 71.4 Å². The van der Waals surface area contributed by atoms with Gasteiger partial charge in [-0.15, -0.1) is 0 Å². The molecule has 0 saturated carbocycles. The number of nitriles is 1. The molecule has 0 spiro atoms. The number of nitrogens with zero attached hydrogens (tertiary/aromatic N) is 1. The van der Waals surface area contributed by atoms with Crippen LogP contribution >= 0.6 is 0 Å². The van der Waals surface area contributed by atoms with Crippen LogP contribution in [0.1, 0.15) is 22.6 Å². The maximum Gasteiger partial charge on any atom is 0.0991 e. The molecule has 0 amide bonds. The maximum atomic E-state index is 9.76. The number of H-pyrrole nitrogens is 1. The molecule has 0 aliphatic heterocycles. The summed E-state index contributed by atoms with van der Waals surface area (Å²) in [7, 11) is 0. The SMILES string of the molecule is N#Cc1ccc2[nH]cc(C(CO)c3ccccc3)c2c1. The van der Waals surface area contributed by atoms with Crippen molar-refractivity contribution in [3.63, 3.8) is 0 Å². The highest BCUT2D eigenvalue weighted by Gasteiger charge is 2.17. The second kappa shape index (κ2) is 5.20. The topological polar surface area (TPSA) is 59.8 Å².